The Kier molecular flexibility index (Phi) is 38.2. The van der Waals surface area contributed by atoms with Gasteiger partial charge in [-0.2, -0.15) is 0 Å². The molecule has 0 saturated carbocycles. The number of ether oxygens (including phenoxy) is 1. The molecule has 0 aliphatic rings. The molecule has 13 heterocycles. The number of aryl methyl sites for hydroxylation is 6. The summed E-state index contributed by atoms with van der Waals surface area (Å²) in [6.45, 7) is 36.1. The van der Waals surface area contributed by atoms with E-state index >= 15 is 0 Å². The number of methoxy groups -OCH3 is 1. The summed E-state index contributed by atoms with van der Waals surface area (Å²) in [6, 6.07) is 60.4. The minimum Gasteiger partial charge on any atom is -0.396 e. The second kappa shape index (κ2) is 51.5. The predicted molar refractivity (Wildman–Crippen MR) is 548 cm³/mol. The van der Waals surface area contributed by atoms with Gasteiger partial charge in [0.2, 0.25) is 0 Å². The molecule has 0 fully saturated rings. The molecule has 4 aromatic carbocycles. The number of anilines is 6. The fourth-order valence-corrected chi connectivity index (χ4v) is 16.4. The summed E-state index contributed by atoms with van der Waals surface area (Å²) >= 11 is 0. The van der Waals surface area contributed by atoms with Crippen molar-refractivity contribution in [2.24, 2.45) is 5.92 Å². The third kappa shape index (κ3) is 28.5. The topological polar surface area (TPSA) is 319 Å². The van der Waals surface area contributed by atoms with Gasteiger partial charge in [-0.1, -0.05) is 201 Å². The second-order valence-corrected chi connectivity index (χ2v) is 34.1. The van der Waals surface area contributed by atoms with Gasteiger partial charge in [0, 0.05) is 135 Å². The number of aliphatic hydroxyl groups excluding tert-OH is 2. The van der Waals surface area contributed by atoms with Crippen LogP contribution in [0.4, 0.5) is 34.9 Å². The number of nitrogens with zero attached hydrogens (tertiary/aromatic N) is 19. The third-order valence-corrected chi connectivity index (χ3v) is 22.5. The Balaban J connectivity index is 0.000000145. The molecule has 704 valence electrons. The smallest absolute Gasteiger partial charge is 0.154 e. The van der Waals surface area contributed by atoms with Crippen molar-refractivity contribution >= 4 is 101 Å². The zero-order valence-electron chi connectivity index (χ0n) is 80.8. The molecule has 2 unspecified atom stereocenters. The summed E-state index contributed by atoms with van der Waals surface area (Å²) in [7, 11) is 1.70. The number of hydrogen-bond acceptors (Lipinski definition) is 22. The van der Waals surface area contributed by atoms with Gasteiger partial charge in [-0.3, -0.25) is 4.98 Å². The van der Waals surface area contributed by atoms with Crippen LogP contribution in [0.3, 0.4) is 0 Å². The van der Waals surface area contributed by atoms with Crippen LogP contribution >= 0.6 is 0 Å². The van der Waals surface area contributed by atoms with E-state index in [0.29, 0.717) is 25.5 Å². The highest BCUT2D eigenvalue weighted by molar-refractivity contribution is 5.91. The Morgan fingerprint density at radius 3 is 0.978 bits per heavy atom. The Labute approximate surface area is 788 Å². The molecular weight excluding hydrogens is 1670 g/mol. The first kappa shape index (κ1) is 99.4. The average molecular weight is 1810 g/mol. The third-order valence-electron chi connectivity index (χ3n) is 22.5. The molecule has 134 heavy (non-hydrogen) atoms. The van der Waals surface area contributed by atoms with Gasteiger partial charge in [-0.25, -0.2) is 59.8 Å². The minimum atomic E-state index is 0.166. The normalized spacial score (nSPS) is 11.6. The van der Waals surface area contributed by atoms with Crippen LogP contribution < -0.4 is 31.9 Å². The van der Waals surface area contributed by atoms with Crippen molar-refractivity contribution in [2.45, 2.75) is 212 Å². The lowest BCUT2D eigenvalue weighted by Gasteiger charge is -2.20. The van der Waals surface area contributed by atoms with Crippen molar-refractivity contribution in [1.82, 2.24) is 92.2 Å². The first-order valence-corrected chi connectivity index (χ1v) is 47.6. The van der Waals surface area contributed by atoms with E-state index in [9.17, 15) is 10.2 Å². The lowest BCUT2D eigenvalue weighted by molar-refractivity contribution is 0.210. The predicted octanol–water partition coefficient (Wildman–Crippen LogP) is 21.0. The Morgan fingerprint density at radius 1 is 0.313 bits per heavy atom. The average Bonchev–Trinajstić information content (AvgIpc) is 1.69. The van der Waals surface area contributed by atoms with Crippen LogP contribution in [0.1, 0.15) is 182 Å². The SMILES string of the molecule is CCCC(CCO)Nc1nc(C)nc2ccn(Cc3ccccn3)c12.CCCCC(CCO)Nc1nc(C)nc2ccn(CC(C)C)c12.CCCCCNc1nc(C)nc2ccn(Cc3ccccc3)c12.CCCNc1nc(C)nc2ccn(Cc3ccccc3)c12.CCNc1nc(C)nc2ccn(Cc3ccccc3)c12.COCCNc1nc(C)nc2ccn(Cc3ccccc3)c12. The highest BCUT2D eigenvalue weighted by Crippen LogP contribution is 2.31. The molecule has 0 amide bonds. The van der Waals surface area contributed by atoms with Crippen LogP contribution in [-0.2, 0) is 44.0 Å². The van der Waals surface area contributed by atoms with E-state index < -0.39 is 0 Å². The Bertz CT molecular complexity index is 6390. The standard InChI is InChI=1S/C19H25N5O.C19H24N4.C18H30N4O.C17H20N4O.C17H20N4.C16H18N4/c1-3-6-15(9-12-25)23-19-18-17(21-14(2)22-19)8-11-24(18)13-16-7-4-5-10-20-16;1-3-4-8-12-20-19-18-17(21-15(2)22-19)11-13-23(18)14-16-9-6-5-7-10-16;1-5-6-7-15(9-11-23)21-18-17-16(19-14(4)20-18)8-10-22(17)12-13(2)3;1-13-19-15-8-10-21(12-14-6-4-3-5-7-14)16(15)17(20-13)18-9-11-22-2;1-3-10-18-17-16-15(19-13(2)20-17)9-11-21(16)12-14-7-5-4-6-8-14;1-3-17-16-15-14(18-12(2)19-16)9-10-20(15)11-13-7-5-4-6-8-13/h4-5,7-8,10-11,15,25H,3,6,9,12-13H2,1-2H3,(H,21,22,23);5-7,9-11,13H,3-4,8,12,14H2,1-2H3,(H,20,21,22);8,10,13,15,23H,5-7,9,11-12H2,1-4H3,(H,19,20,21);3-8,10H,9,11-12H2,1-2H3,(H,18,19,20);4-9,11H,3,10,12H2,1-2H3,(H,18,19,20);4-10H,3,11H2,1-2H3,(H,17,18,19). The van der Waals surface area contributed by atoms with Crippen molar-refractivity contribution in [2.75, 3.05) is 85.0 Å². The van der Waals surface area contributed by atoms with Crippen molar-refractivity contribution in [1.29, 1.82) is 0 Å². The van der Waals surface area contributed by atoms with E-state index in [1.165, 1.54) is 41.5 Å². The van der Waals surface area contributed by atoms with Crippen molar-refractivity contribution < 1.29 is 14.9 Å². The van der Waals surface area contributed by atoms with Gasteiger partial charge < -0.3 is 74.3 Å². The maximum absolute atomic E-state index is 9.34. The monoisotopic (exact) mass is 1810 g/mol. The minimum absolute atomic E-state index is 0.166. The van der Waals surface area contributed by atoms with Crippen LogP contribution in [-0.4, -0.2) is 168 Å². The molecule has 28 nitrogen and oxygen atoms in total. The first-order valence-electron chi connectivity index (χ1n) is 47.6. The Morgan fingerprint density at radius 2 is 0.642 bits per heavy atom. The highest BCUT2D eigenvalue weighted by Gasteiger charge is 2.21. The van der Waals surface area contributed by atoms with E-state index in [4.69, 9.17) is 4.74 Å². The molecule has 0 bridgehead atoms. The lowest BCUT2D eigenvalue weighted by atomic mass is 10.1. The van der Waals surface area contributed by atoms with E-state index in [1.807, 2.05) is 108 Å². The summed E-state index contributed by atoms with van der Waals surface area (Å²) in [5, 5.41) is 39.4. The number of aromatic nitrogens is 19. The number of rotatable bonds is 39. The molecular formula is C106H137N25O3. The molecule has 0 aliphatic heterocycles. The number of pyridine rings is 1. The van der Waals surface area contributed by atoms with Crippen molar-refractivity contribution in [3.63, 3.8) is 0 Å². The largest absolute Gasteiger partial charge is 0.396 e. The van der Waals surface area contributed by atoms with Crippen LogP contribution in [0, 0.1) is 47.5 Å². The van der Waals surface area contributed by atoms with Gasteiger partial charge in [-0.15, -0.1) is 0 Å². The molecule has 17 aromatic rings. The Hall–Kier alpha value is -13.6. The number of aliphatic hydroxyl groups is 2. The molecule has 8 N–H and O–H groups in total. The van der Waals surface area contributed by atoms with Crippen molar-refractivity contribution in [3.05, 3.63) is 282 Å². The number of nitrogens with one attached hydrogen (secondary N) is 6. The van der Waals surface area contributed by atoms with E-state index in [0.717, 1.165) is 246 Å². The van der Waals surface area contributed by atoms with E-state index in [1.54, 1.807) is 13.3 Å². The van der Waals surface area contributed by atoms with Crippen LogP contribution in [0.2, 0.25) is 0 Å². The summed E-state index contributed by atoms with van der Waals surface area (Å²) in [5.74, 6) is 10.6. The summed E-state index contributed by atoms with van der Waals surface area (Å²) in [6.07, 6.45) is 25.8. The van der Waals surface area contributed by atoms with Crippen LogP contribution in [0.5, 0.6) is 0 Å². The van der Waals surface area contributed by atoms with Crippen molar-refractivity contribution in [3.8, 4) is 0 Å². The van der Waals surface area contributed by atoms with Gasteiger partial charge in [0.1, 0.15) is 68.0 Å². The molecule has 17 rings (SSSR count). The molecule has 0 saturated heterocycles. The molecule has 0 radical (unpaired) electrons. The summed E-state index contributed by atoms with van der Waals surface area (Å²) in [5.41, 5.74) is 18.3. The maximum atomic E-state index is 9.34. The lowest BCUT2D eigenvalue weighted by Crippen LogP contribution is -2.22. The second-order valence-electron chi connectivity index (χ2n) is 34.1. The maximum Gasteiger partial charge on any atom is 0.154 e. The first-order chi connectivity index (χ1) is 65.4. The van der Waals surface area contributed by atoms with Gasteiger partial charge in [0.05, 0.1) is 51.9 Å². The molecule has 2 atom stereocenters. The van der Waals surface area contributed by atoms with Gasteiger partial charge in [0.25, 0.3) is 0 Å². The quantitative estimate of drug-likeness (QED) is 0.0166. The molecule has 0 aliphatic carbocycles. The fourth-order valence-electron chi connectivity index (χ4n) is 16.4. The zero-order chi connectivity index (χ0) is 94.5. The highest BCUT2D eigenvalue weighted by atomic mass is 16.5. The summed E-state index contributed by atoms with van der Waals surface area (Å²) in [4.78, 5) is 59.2. The van der Waals surface area contributed by atoms with E-state index in [2.05, 4.69) is 319 Å². The van der Waals surface area contributed by atoms with Gasteiger partial charge in [0.15, 0.2) is 34.9 Å². The van der Waals surface area contributed by atoms with Gasteiger partial charge >= 0.3 is 0 Å². The zero-order valence-corrected chi connectivity index (χ0v) is 80.8. The van der Waals surface area contributed by atoms with E-state index in [-0.39, 0.29) is 25.3 Å². The van der Waals surface area contributed by atoms with Gasteiger partial charge in [-0.05, 0) is 164 Å². The number of unbranched alkanes of at least 4 members (excludes halogenated alkanes) is 3. The number of hydrogen-bond donors (Lipinski definition) is 8. The number of fused-ring (bicyclic) bond motifs is 6. The molecule has 28 heteroatoms. The van der Waals surface area contributed by atoms with Crippen LogP contribution in [0.25, 0.3) is 66.2 Å². The fraction of sp³-hybridized carbons (Fsp3) is 0.387. The molecule has 0 spiro atoms. The summed E-state index contributed by atoms with van der Waals surface area (Å²) < 4.78 is 18.3. The molecule has 13 aromatic heterocycles. The number of benzene rings is 4. The van der Waals surface area contributed by atoms with Crippen LogP contribution in [0.15, 0.2) is 219 Å².